The van der Waals surface area contributed by atoms with E-state index in [4.69, 9.17) is 10.8 Å². The van der Waals surface area contributed by atoms with E-state index < -0.39 is 48.4 Å². The maximum absolute atomic E-state index is 13.0. The summed E-state index contributed by atoms with van der Waals surface area (Å²) in [6.07, 6.45) is 3.09. The van der Waals surface area contributed by atoms with Crippen LogP contribution in [0.3, 0.4) is 0 Å². The van der Waals surface area contributed by atoms with E-state index in [0.29, 0.717) is 19.4 Å². The lowest BCUT2D eigenvalue weighted by Crippen LogP contribution is -2.49. The number of carboxylic acid groups (broad SMARTS) is 1. The van der Waals surface area contributed by atoms with Gasteiger partial charge in [-0.3, -0.25) is 43.9 Å². The molecule has 0 aliphatic heterocycles. The molecule has 0 saturated heterocycles. The van der Waals surface area contributed by atoms with E-state index in [2.05, 4.69) is 15.6 Å². The number of carboxylic acids is 1. The van der Waals surface area contributed by atoms with Crippen LogP contribution in [0.5, 0.6) is 0 Å². The number of anilines is 1. The minimum absolute atomic E-state index is 0.0361. The molecule has 12 nitrogen and oxygen atoms in total. The third kappa shape index (κ3) is 9.73. The number of carbonyl (C=O) groups excluding carboxylic acids is 2. The second-order valence-electron chi connectivity index (χ2n) is 8.19. The summed E-state index contributed by atoms with van der Waals surface area (Å²) in [4.78, 5) is 55.5. The highest BCUT2D eigenvalue weighted by atomic mass is 19.1. The largest absolute Gasteiger partial charge is 0.481 e. The number of Topliss-reactive ketones (excluding diaryl/α,β-unsaturated/α-hetero) is 1. The van der Waals surface area contributed by atoms with Gasteiger partial charge in [-0.05, 0) is 32.9 Å². The number of nitrogens with two attached hydrogens (primary N) is 1. The zero-order chi connectivity index (χ0) is 26.5. The molecule has 1 aromatic rings. The number of nitrogens with zero attached hydrogens (tertiary/aromatic N) is 3. The van der Waals surface area contributed by atoms with Crippen molar-refractivity contribution in [2.45, 2.75) is 51.6 Å². The van der Waals surface area contributed by atoms with Gasteiger partial charge >= 0.3 is 5.97 Å². The highest BCUT2D eigenvalue weighted by Gasteiger charge is 2.29. The first-order valence-corrected chi connectivity index (χ1v) is 11.3. The molecular weight excluding hydrogens is 461 g/mol. The van der Waals surface area contributed by atoms with Gasteiger partial charge in [0.25, 0.3) is 5.56 Å². The number of hydrogen-bond acceptors (Lipinski definition) is 8. The van der Waals surface area contributed by atoms with Gasteiger partial charge in [0.2, 0.25) is 5.91 Å². The van der Waals surface area contributed by atoms with Crippen molar-refractivity contribution in [3.05, 3.63) is 22.7 Å². The van der Waals surface area contributed by atoms with Crippen molar-refractivity contribution in [1.82, 2.24) is 19.8 Å². The third-order valence-electron chi connectivity index (χ3n) is 5.23. The van der Waals surface area contributed by atoms with Gasteiger partial charge in [0, 0.05) is 19.3 Å². The number of carbonyl (C=O) groups is 3. The number of aromatic nitrogens is 2. The maximum atomic E-state index is 13.0. The summed E-state index contributed by atoms with van der Waals surface area (Å²) in [5.41, 5.74) is -0.261. The van der Waals surface area contributed by atoms with E-state index in [-0.39, 0.29) is 36.8 Å². The second kappa shape index (κ2) is 14.7. The summed E-state index contributed by atoms with van der Waals surface area (Å²) in [5.74, 6) is -2.54. The molecule has 35 heavy (non-hydrogen) atoms. The van der Waals surface area contributed by atoms with Crippen LogP contribution in [0.15, 0.2) is 17.2 Å². The van der Waals surface area contributed by atoms with Gasteiger partial charge in [-0.25, -0.2) is 4.98 Å². The standard InChI is InChI=1S/C22H34FN7O5/c1-4-17(30-10-8-26-20(22(30)35)27-12-15(25)14(2)24)21(34)28-16(11-19(32)33)18(31)13-29(3)9-6-5-7-23/h8,10,16-17,24-25H,4-7,9,11-13H2,1-3H3,(H,26,27)(H,28,34)(H,32,33)/p+1. The summed E-state index contributed by atoms with van der Waals surface area (Å²) in [7, 11) is 1.65. The van der Waals surface area contributed by atoms with Crippen molar-refractivity contribution in [3.8, 4) is 0 Å². The monoisotopic (exact) mass is 496 g/mol. The molecule has 0 aliphatic rings. The zero-order valence-electron chi connectivity index (χ0n) is 20.3. The first-order chi connectivity index (χ1) is 16.5. The molecule has 1 aromatic heterocycles. The molecule has 6 N–H and O–H groups in total. The Hall–Kier alpha value is -3.48. The topological polar surface area (TPSA) is 183 Å². The van der Waals surface area contributed by atoms with Crippen LogP contribution in [0.4, 0.5) is 10.2 Å². The Labute approximate surface area is 202 Å². The number of amides is 1. The van der Waals surface area contributed by atoms with E-state index in [9.17, 15) is 28.7 Å². The van der Waals surface area contributed by atoms with Crippen molar-refractivity contribution in [2.75, 3.05) is 38.7 Å². The molecule has 0 aromatic carbocycles. The molecule has 0 spiro atoms. The Kier molecular flexibility index (Phi) is 12.4. The van der Waals surface area contributed by atoms with Crippen molar-refractivity contribution in [3.63, 3.8) is 0 Å². The highest BCUT2D eigenvalue weighted by molar-refractivity contribution is 6.38. The van der Waals surface area contributed by atoms with Gasteiger partial charge in [0.15, 0.2) is 17.3 Å². The highest BCUT2D eigenvalue weighted by Crippen LogP contribution is 2.11. The van der Waals surface area contributed by atoms with Gasteiger partial charge in [0.05, 0.1) is 32.2 Å². The van der Waals surface area contributed by atoms with E-state index in [1.807, 2.05) is 0 Å². The number of rotatable bonds is 17. The average molecular weight is 497 g/mol. The molecule has 1 rings (SSSR count). The fraction of sp³-hybridized carbons (Fsp3) is 0.591. The summed E-state index contributed by atoms with van der Waals surface area (Å²) < 4.78 is 13.4. The van der Waals surface area contributed by atoms with Crippen LogP contribution in [-0.4, -0.2) is 88.0 Å². The number of hydrogen-bond donors (Lipinski definition) is 5. The average Bonchev–Trinajstić information content (AvgIpc) is 2.78. The molecule has 0 radical (unpaired) electrons. The van der Waals surface area contributed by atoms with Crippen molar-refractivity contribution in [2.24, 2.45) is 0 Å². The van der Waals surface area contributed by atoms with Crippen LogP contribution in [0.25, 0.3) is 0 Å². The van der Waals surface area contributed by atoms with E-state index in [1.54, 1.807) is 25.8 Å². The number of alkyl halides is 1. The lowest BCUT2D eigenvalue weighted by Gasteiger charge is -2.24. The van der Waals surface area contributed by atoms with Gasteiger partial charge in [0.1, 0.15) is 11.8 Å². The molecule has 2 atom stereocenters. The van der Waals surface area contributed by atoms with Crippen LogP contribution in [0, 0.1) is 5.41 Å². The molecule has 2 unspecified atom stereocenters. The van der Waals surface area contributed by atoms with Gasteiger partial charge in [-0.15, -0.1) is 0 Å². The van der Waals surface area contributed by atoms with Crippen LogP contribution < -0.4 is 21.6 Å². The Bertz CT molecular complexity index is 981. The van der Waals surface area contributed by atoms with Gasteiger partial charge < -0.3 is 15.7 Å². The van der Waals surface area contributed by atoms with E-state index in [1.165, 1.54) is 12.4 Å². The minimum atomic E-state index is -1.30. The first kappa shape index (κ1) is 29.6. The molecule has 0 aliphatic carbocycles. The molecule has 13 heteroatoms. The van der Waals surface area contributed by atoms with Crippen molar-refractivity contribution in [1.29, 1.82) is 5.41 Å². The first-order valence-electron chi connectivity index (χ1n) is 11.3. The number of ketones is 1. The predicted molar refractivity (Wildman–Crippen MR) is 129 cm³/mol. The van der Waals surface area contributed by atoms with Gasteiger partial charge in [-0.2, -0.15) is 0 Å². The molecule has 194 valence electrons. The lowest BCUT2D eigenvalue weighted by molar-refractivity contribution is -0.140. The number of aliphatic carboxylic acids is 1. The Balaban J connectivity index is 3.01. The number of likely N-dealkylation sites (N-methyl/N-ethyl adjacent to an activating group) is 1. The fourth-order valence-electron chi connectivity index (χ4n) is 3.23. The third-order valence-corrected chi connectivity index (χ3v) is 5.23. The Morgan fingerprint density at radius 1 is 1.34 bits per heavy atom. The summed E-state index contributed by atoms with van der Waals surface area (Å²) in [5, 5.41) is 27.7. The Morgan fingerprint density at radius 2 is 2.03 bits per heavy atom. The number of unbranched alkanes of at least 4 members (excludes halogenated alkanes) is 1. The van der Waals surface area contributed by atoms with Crippen molar-refractivity contribution < 1.29 is 29.3 Å². The lowest BCUT2D eigenvalue weighted by atomic mass is 10.1. The van der Waals surface area contributed by atoms with E-state index >= 15 is 0 Å². The number of nitrogens with one attached hydrogen (secondary N) is 3. The molecule has 0 fully saturated rings. The Morgan fingerprint density at radius 3 is 2.60 bits per heavy atom. The number of halogens is 1. The van der Waals surface area contributed by atoms with Crippen LogP contribution >= 0.6 is 0 Å². The quantitative estimate of drug-likeness (QED) is 0.135. The predicted octanol–water partition coefficient (Wildman–Crippen LogP) is -0.944. The fourth-order valence-corrected chi connectivity index (χ4v) is 3.23. The second-order valence-corrected chi connectivity index (χ2v) is 8.19. The molecule has 1 amide bonds. The smallest absolute Gasteiger partial charge is 0.305 e. The van der Waals surface area contributed by atoms with Crippen LogP contribution in [0.2, 0.25) is 0 Å². The normalized spacial score (nSPS) is 12.6. The summed E-state index contributed by atoms with van der Waals surface area (Å²) in [6, 6.07) is -2.32. The van der Waals surface area contributed by atoms with Crippen molar-refractivity contribution >= 4 is 34.9 Å². The maximum Gasteiger partial charge on any atom is 0.305 e. The van der Waals surface area contributed by atoms with E-state index in [0.717, 1.165) is 4.57 Å². The van der Waals surface area contributed by atoms with Crippen LogP contribution in [-0.2, 0) is 14.4 Å². The molecule has 0 saturated carbocycles. The summed E-state index contributed by atoms with van der Waals surface area (Å²) >= 11 is 0. The zero-order valence-corrected chi connectivity index (χ0v) is 20.3. The van der Waals surface area contributed by atoms with Gasteiger partial charge in [-0.1, -0.05) is 6.92 Å². The minimum Gasteiger partial charge on any atom is -0.481 e. The van der Waals surface area contributed by atoms with Crippen LogP contribution in [0.1, 0.15) is 45.6 Å². The molecule has 1 heterocycles. The summed E-state index contributed by atoms with van der Waals surface area (Å²) in [6.45, 7) is 3.05. The SMILES string of the molecule is CCC(C(=O)NC(CC(=O)O)C(=O)CN(C)CCCCF)n1ccnc(NCC(=N)C(C)=[NH2+])c1=O. The molecular formula is C22H35FN7O5+. The molecule has 0 bridgehead atoms.